The molecule has 0 amide bonds. The van der Waals surface area contributed by atoms with E-state index in [4.69, 9.17) is 5.73 Å². The Hall–Kier alpha value is 0.0900. The van der Waals surface area contributed by atoms with Crippen molar-refractivity contribution in [3.63, 3.8) is 0 Å². The molecule has 0 fully saturated rings. The molecule has 4 heteroatoms. The summed E-state index contributed by atoms with van der Waals surface area (Å²) in [6, 6.07) is 8.47. The van der Waals surface area contributed by atoms with Crippen LogP contribution in [0, 0.1) is 10.5 Å². The zero-order valence-electron chi connectivity index (χ0n) is 9.41. The minimum Gasteiger partial charge on any atom is -0.324 e. The largest absolute Gasteiger partial charge is 0.324 e. The van der Waals surface area contributed by atoms with Crippen LogP contribution in [0.1, 0.15) is 22.0 Å². The standard InChI is InChI=1S/C13H13BrINS/c1-8-3-2-4-9(13(8)15)11(16)7-12-10(14)5-6-17-12/h2-6,11H,7,16H2,1H3. The lowest BCUT2D eigenvalue weighted by molar-refractivity contribution is 0.723. The van der Waals surface area contributed by atoms with Gasteiger partial charge in [-0.05, 0) is 68.0 Å². The number of nitrogens with two attached hydrogens (primary N) is 1. The highest BCUT2D eigenvalue weighted by Crippen LogP contribution is 2.29. The Bertz CT molecular complexity index is 524. The summed E-state index contributed by atoms with van der Waals surface area (Å²) >= 11 is 7.69. The Balaban J connectivity index is 2.23. The first kappa shape index (κ1) is 13.5. The quantitative estimate of drug-likeness (QED) is 0.716. The number of rotatable bonds is 3. The van der Waals surface area contributed by atoms with Gasteiger partial charge in [0.15, 0.2) is 0 Å². The molecule has 0 radical (unpaired) electrons. The smallest absolute Gasteiger partial charge is 0.0354 e. The first-order valence-electron chi connectivity index (χ1n) is 5.32. The van der Waals surface area contributed by atoms with E-state index in [0.717, 1.165) is 6.42 Å². The SMILES string of the molecule is Cc1cccc(C(N)Cc2sccc2Br)c1I. The normalized spacial score (nSPS) is 12.7. The van der Waals surface area contributed by atoms with Crippen LogP contribution in [0.25, 0.3) is 0 Å². The highest BCUT2D eigenvalue weighted by Gasteiger charge is 2.13. The molecule has 1 aromatic heterocycles. The van der Waals surface area contributed by atoms with Crippen molar-refractivity contribution in [2.24, 2.45) is 5.73 Å². The van der Waals surface area contributed by atoms with E-state index < -0.39 is 0 Å². The summed E-state index contributed by atoms with van der Waals surface area (Å²) in [7, 11) is 0. The Morgan fingerprint density at radius 1 is 1.41 bits per heavy atom. The van der Waals surface area contributed by atoms with Gasteiger partial charge in [0.05, 0.1) is 0 Å². The number of thiophene rings is 1. The number of aryl methyl sites for hydroxylation is 1. The zero-order valence-corrected chi connectivity index (χ0v) is 14.0. The topological polar surface area (TPSA) is 26.0 Å². The van der Waals surface area contributed by atoms with Gasteiger partial charge in [-0.2, -0.15) is 0 Å². The predicted molar refractivity (Wildman–Crippen MR) is 86.5 cm³/mol. The Morgan fingerprint density at radius 3 is 2.82 bits per heavy atom. The summed E-state index contributed by atoms with van der Waals surface area (Å²) < 4.78 is 2.45. The third-order valence-corrected chi connectivity index (χ3v) is 6.14. The summed E-state index contributed by atoms with van der Waals surface area (Å²) in [6.45, 7) is 2.12. The van der Waals surface area contributed by atoms with E-state index in [1.807, 2.05) is 0 Å². The van der Waals surface area contributed by atoms with Crippen molar-refractivity contribution in [1.29, 1.82) is 0 Å². The molecule has 1 heterocycles. The highest BCUT2D eigenvalue weighted by molar-refractivity contribution is 14.1. The Kier molecular flexibility index (Phi) is 4.63. The molecule has 0 spiro atoms. The van der Waals surface area contributed by atoms with Gasteiger partial charge < -0.3 is 5.73 Å². The second-order valence-corrected chi connectivity index (χ2v) is 6.91. The molecule has 1 nitrogen and oxygen atoms in total. The average molecular weight is 422 g/mol. The molecule has 0 saturated heterocycles. The Labute approximate surface area is 128 Å². The third kappa shape index (κ3) is 3.10. The van der Waals surface area contributed by atoms with E-state index in [0.29, 0.717) is 0 Å². The highest BCUT2D eigenvalue weighted by atomic mass is 127. The molecule has 2 rings (SSSR count). The molecule has 1 atom stereocenters. The van der Waals surface area contributed by atoms with E-state index in [2.05, 4.69) is 75.1 Å². The predicted octanol–water partition coefficient (Wildman–Crippen LogP) is 4.67. The molecule has 90 valence electrons. The maximum absolute atomic E-state index is 6.31. The lowest BCUT2D eigenvalue weighted by Crippen LogP contribution is -2.14. The van der Waals surface area contributed by atoms with E-state index in [1.165, 1.54) is 24.0 Å². The van der Waals surface area contributed by atoms with Gasteiger partial charge in [0, 0.05) is 25.4 Å². The number of hydrogen-bond acceptors (Lipinski definition) is 2. The molecule has 2 N–H and O–H groups in total. The number of halogens is 2. The molecule has 2 aromatic rings. The van der Waals surface area contributed by atoms with E-state index in [9.17, 15) is 0 Å². The zero-order chi connectivity index (χ0) is 12.4. The monoisotopic (exact) mass is 421 g/mol. The van der Waals surface area contributed by atoms with Crippen molar-refractivity contribution in [3.05, 3.63) is 53.7 Å². The molecule has 0 aliphatic carbocycles. The molecule has 0 bridgehead atoms. The summed E-state index contributed by atoms with van der Waals surface area (Å²) in [5.41, 5.74) is 8.84. The minimum atomic E-state index is 0.0664. The van der Waals surface area contributed by atoms with Crippen molar-refractivity contribution in [3.8, 4) is 0 Å². The maximum atomic E-state index is 6.31. The minimum absolute atomic E-state index is 0.0664. The van der Waals surface area contributed by atoms with Crippen LogP contribution in [0.5, 0.6) is 0 Å². The van der Waals surface area contributed by atoms with Crippen LogP contribution < -0.4 is 5.73 Å². The van der Waals surface area contributed by atoms with Crippen molar-refractivity contribution < 1.29 is 0 Å². The van der Waals surface area contributed by atoms with Crippen molar-refractivity contribution in [1.82, 2.24) is 0 Å². The Morgan fingerprint density at radius 2 is 2.18 bits per heavy atom. The van der Waals surface area contributed by atoms with Crippen LogP contribution in [-0.4, -0.2) is 0 Å². The van der Waals surface area contributed by atoms with Gasteiger partial charge in [0.2, 0.25) is 0 Å². The molecular weight excluding hydrogens is 409 g/mol. The van der Waals surface area contributed by atoms with Gasteiger partial charge in [0.25, 0.3) is 0 Å². The van der Waals surface area contributed by atoms with Crippen LogP contribution >= 0.6 is 49.9 Å². The first-order valence-corrected chi connectivity index (χ1v) is 8.07. The fourth-order valence-electron chi connectivity index (χ4n) is 1.74. The van der Waals surface area contributed by atoms with Gasteiger partial charge in [-0.3, -0.25) is 0 Å². The molecular formula is C13H13BrINS. The lowest BCUT2D eigenvalue weighted by Gasteiger charge is -2.14. The van der Waals surface area contributed by atoms with Crippen LogP contribution in [0.3, 0.4) is 0 Å². The summed E-state index contributed by atoms with van der Waals surface area (Å²) in [5, 5.41) is 2.09. The van der Waals surface area contributed by atoms with Gasteiger partial charge in [0.1, 0.15) is 0 Å². The van der Waals surface area contributed by atoms with Crippen molar-refractivity contribution >= 4 is 49.9 Å². The maximum Gasteiger partial charge on any atom is 0.0354 e. The first-order chi connectivity index (χ1) is 8.09. The van der Waals surface area contributed by atoms with Crippen LogP contribution in [0.4, 0.5) is 0 Å². The van der Waals surface area contributed by atoms with Crippen molar-refractivity contribution in [2.75, 3.05) is 0 Å². The molecule has 17 heavy (non-hydrogen) atoms. The van der Waals surface area contributed by atoms with Crippen LogP contribution in [0.15, 0.2) is 34.1 Å². The molecule has 0 aliphatic heterocycles. The van der Waals surface area contributed by atoms with Crippen LogP contribution in [0.2, 0.25) is 0 Å². The molecule has 1 aromatic carbocycles. The van der Waals surface area contributed by atoms with Gasteiger partial charge in [-0.15, -0.1) is 11.3 Å². The lowest BCUT2D eigenvalue weighted by atomic mass is 10.0. The van der Waals surface area contributed by atoms with Crippen LogP contribution in [-0.2, 0) is 6.42 Å². The molecule has 0 aliphatic rings. The second kappa shape index (κ2) is 5.82. The summed E-state index contributed by atoms with van der Waals surface area (Å²) in [4.78, 5) is 1.31. The average Bonchev–Trinajstić information content (AvgIpc) is 2.68. The third-order valence-electron chi connectivity index (χ3n) is 2.72. The summed E-state index contributed by atoms with van der Waals surface area (Å²) in [5.74, 6) is 0. The number of benzene rings is 1. The van der Waals surface area contributed by atoms with Gasteiger partial charge >= 0.3 is 0 Å². The summed E-state index contributed by atoms with van der Waals surface area (Å²) in [6.07, 6.45) is 0.887. The van der Waals surface area contributed by atoms with E-state index in [1.54, 1.807) is 11.3 Å². The van der Waals surface area contributed by atoms with Gasteiger partial charge in [-0.1, -0.05) is 18.2 Å². The number of hydrogen-bond donors (Lipinski definition) is 1. The molecule has 1 unspecified atom stereocenters. The second-order valence-electron chi connectivity index (χ2n) is 3.98. The van der Waals surface area contributed by atoms with Crippen molar-refractivity contribution in [2.45, 2.75) is 19.4 Å². The fourth-order valence-corrected chi connectivity index (χ4v) is 4.07. The fraction of sp³-hybridized carbons (Fsp3) is 0.231. The van der Waals surface area contributed by atoms with E-state index >= 15 is 0 Å². The van der Waals surface area contributed by atoms with Gasteiger partial charge in [-0.25, -0.2) is 0 Å². The molecule has 0 saturated carbocycles. The van der Waals surface area contributed by atoms with E-state index in [-0.39, 0.29) is 6.04 Å².